The molecular formula is C11H21NO4S. The normalized spacial score (nSPS) is 25.9. The molecule has 0 radical (unpaired) electrons. The van der Waals surface area contributed by atoms with E-state index in [2.05, 4.69) is 9.46 Å². The number of ether oxygens (including phenoxy) is 1. The molecule has 5 nitrogen and oxygen atoms in total. The third-order valence-corrected chi connectivity index (χ3v) is 5.06. The quantitative estimate of drug-likeness (QED) is 0.772. The van der Waals surface area contributed by atoms with Crippen LogP contribution in [0.15, 0.2) is 0 Å². The van der Waals surface area contributed by atoms with Gasteiger partial charge in [0.15, 0.2) is 0 Å². The molecule has 1 aliphatic rings. The van der Waals surface area contributed by atoms with Crippen LogP contribution in [0.5, 0.6) is 0 Å². The first kappa shape index (κ1) is 14.4. The minimum absolute atomic E-state index is 0.424. The average molecular weight is 263 g/mol. The summed E-state index contributed by atoms with van der Waals surface area (Å²) in [5.41, 5.74) is -0.526. The Kier molecular flexibility index (Phi) is 4.19. The lowest BCUT2D eigenvalue weighted by atomic mass is 10.1. The first-order valence-electron chi connectivity index (χ1n) is 5.78. The smallest absolute Gasteiger partial charge is 0.310 e. The van der Waals surface area contributed by atoms with Crippen molar-refractivity contribution in [3.63, 3.8) is 0 Å². The standard InChI is InChI=1S/C11H21NO4S/c1-11(2,3)12-17(14,15)9-7-5-6-8(9)10(13)16-4/h8-9,12H,5-7H2,1-4H3. The zero-order valence-corrected chi connectivity index (χ0v) is 11.6. The molecule has 1 saturated carbocycles. The number of sulfonamides is 1. The van der Waals surface area contributed by atoms with Gasteiger partial charge in [0.1, 0.15) is 0 Å². The van der Waals surface area contributed by atoms with Crippen LogP contribution in [0.3, 0.4) is 0 Å². The maximum atomic E-state index is 12.2. The molecular weight excluding hydrogens is 242 g/mol. The van der Waals surface area contributed by atoms with Gasteiger partial charge in [-0.15, -0.1) is 0 Å². The zero-order valence-electron chi connectivity index (χ0n) is 10.8. The molecule has 0 aliphatic heterocycles. The van der Waals surface area contributed by atoms with E-state index in [9.17, 15) is 13.2 Å². The van der Waals surface area contributed by atoms with E-state index >= 15 is 0 Å². The number of methoxy groups -OCH3 is 1. The number of carbonyl (C=O) groups is 1. The molecule has 0 saturated heterocycles. The first-order chi connectivity index (χ1) is 7.67. The molecule has 1 N–H and O–H groups in total. The highest BCUT2D eigenvalue weighted by Gasteiger charge is 2.43. The Bertz CT molecular complexity index is 383. The fourth-order valence-electron chi connectivity index (χ4n) is 2.22. The Balaban J connectivity index is 2.87. The highest BCUT2D eigenvalue weighted by molar-refractivity contribution is 7.90. The van der Waals surface area contributed by atoms with E-state index in [1.54, 1.807) is 20.8 Å². The van der Waals surface area contributed by atoms with Gasteiger partial charge in [-0.2, -0.15) is 0 Å². The molecule has 1 aliphatic carbocycles. The molecule has 0 heterocycles. The molecule has 0 aromatic rings. The molecule has 0 aromatic carbocycles. The van der Waals surface area contributed by atoms with Gasteiger partial charge in [0.25, 0.3) is 0 Å². The second kappa shape index (κ2) is 4.94. The minimum atomic E-state index is -3.47. The lowest BCUT2D eigenvalue weighted by Crippen LogP contribution is -2.47. The van der Waals surface area contributed by atoms with Crippen molar-refractivity contribution in [2.24, 2.45) is 5.92 Å². The monoisotopic (exact) mass is 263 g/mol. The molecule has 17 heavy (non-hydrogen) atoms. The van der Waals surface area contributed by atoms with Crippen molar-refractivity contribution in [1.29, 1.82) is 0 Å². The number of carbonyl (C=O) groups excluding carboxylic acids is 1. The van der Waals surface area contributed by atoms with Crippen LogP contribution in [0, 0.1) is 5.92 Å². The number of rotatable bonds is 3. The summed E-state index contributed by atoms with van der Waals surface area (Å²) in [4.78, 5) is 11.5. The Morgan fingerprint density at radius 2 is 1.88 bits per heavy atom. The van der Waals surface area contributed by atoms with Crippen molar-refractivity contribution < 1.29 is 17.9 Å². The number of hydrogen-bond acceptors (Lipinski definition) is 4. The summed E-state index contributed by atoms with van der Waals surface area (Å²) in [6.07, 6.45) is 1.85. The van der Waals surface area contributed by atoms with Crippen molar-refractivity contribution >= 4 is 16.0 Å². The highest BCUT2D eigenvalue weighted by Crippen LogP contribution is 2.32. The van der Waals surface area contributed by atoms with Crippen molar-refractivity contribution in [2.75, 3.05) is 7.11 Å². The van der Waals surface area contributed by atoms with Crippen molar-refractivity contribution in [1.82, 2.24) is 4.72 Å². The van der Waals surface area contributed by atoms with Crippen LogP contribution in [0.25, 0.3) is 0 Å². The lowest BCUT2D eigenvalue weighted by molar-refractivity contribution is -0.145. The van der Waals surface area contributed by atoms with E-state index in [1.807, 2.05) is 0 Å². The van der Waals surface area contributed by atoms with Crippen molar-refractivity contribution in [3.8, 4) is 0 Å². The maximum Gasteiger partial charge on any atom is 0.310 e. The van der Waals surface area contributed by atoms with E-state index in [0.29, 0.717) is 12.8 Å². The topological polar surface area (TPSA) is 72.5 Å². The van der Waals surface area contributed by atoms with E-state index < -0.39 is 32.7 Å². The van der Waals surface area contributed by atoms with Gasteiger partial charge in [-0.05, 0) is 33.6 Å². The van der Waals surface area contributed by atoms with Gasteiger partial charge in [0, 0.05) is 5.54 Å². The summed E-state index contributed by atoms with van der Waals surface area (Å²) in [6, 6.07) is 0. The number of nitrogens with one attached hydrogen (secondary N) is 1. The van der Waals surface area contributed by atoms with E-state index in [4.69, 9.17) is 0 Å². The lowest BCUT2D eigenvalue weighted by Gasteiger charge is -2.25. The maximum absolute atomic E-state index is 12.2. The van der Waals surface area contributed by atoms with Crippen molar-refractivity contribution in [3.05, 3.63) is 0 Å². The van der Waals surface area contributed by atoms with Crippen LogP contribution in [-0.4, -0.2) is 32.3 Å². The van der Waals surface area contributed by atoms with Crippen LogP contribution in [-0.2, 0) is 19.6 Å². The van der Waals surface area contributed by atoms with Gasteiger partial charge in [0.2, 0.25) is 10.0 Å². The molecule has 1 fully saturated rings. The Labute approximate surface area is 103 Å². The van der Waals surface area contributed by atoms with Crippen LogP contribution in [0.2, 0.25) is 0 Å². The molecule has 0 aromatic heterocycles. The van der Waals surface area contributed by atoms with Crippen LogP contribution in [0.1, 0.15) is 40.0 Å². The van der Waals surface area contributed by atoms with Gasteiger partial charge < -0.3 is 4.74 Å². The predicted octanol–water partition coefficient (Wildman–Crippen LogP) is 1.05. The SMILES string of the molecule is COC(=O)C1CCCC1S(=O)(=O)NC(C)(C)C. The fraction of sp³-hybridized carbons (Fsp3) is 0.909. The third kappa shape index (κ3) is 3.67. The summed E-state index contributed by atoms with van der Waals surface area (Å²) in [6.45, 7) is 5.35. The van der Waals surface area contributed by atoms with E-state index in [1.165, 1.54) is 7.11 Å². The zero-order chi connectivity index (χ0) is 13.3. The summed E-state index contributed by atoms with van der Waals surface area (Å²) < 4.78 is 31.6. The minimum Gasteiger partial charge on any atom is -0.469 e. The molecule has 0 spiro atoms. The largest absolute Gasteiger partial charge is 0.469 e. The molecule has 100 valence electrons. The predicted molar refractivity (Wildman–Crippen MR) is 65.0 cm³/mol. The Morgan fingerprint density at radius 1 is 1.29 bits per heavy atom. The van der Waals surface area contributed by atoms with Gasteiger partial charge in [-0.25, -0.2) is 13.1 Å². The van der Waals surface area contributed by atoms with Crippen molar-refractivity contribution in [2.45, 2.75) is 50.8 Å². The van der Waals surface area contributed by atoms with E-state index in [-0.39, 0.29) is 0 Å². The summed E-state index contributed by atoms with van der Waals surface area (Å²) in [5, 5.41) is -0.658. The van der Waals surface area contributed by atoms with Crippen LogP contribution < -0.4 is 4.72 Å². The van der Waals surface area contributed by atoms with E-state index in [0.717, 1.165) is 6.42 Å². The molecule has 2 unspecified atom stereocenters. The second-order valence-electron chi connectivity index (χ2n) is 5.50. The summed E-state index contributed by atoms with van der Waals surface area (Å²) in [5.74, 6) is -0.952. The second-order valence-corrected chi connectivity index (χ2v) is 7.40. The van der Waals surface area contributed by atoms with Gasteiger partial charge in [-0.1, -0.05) is 6.42 Å². The molecule has 0 bridgehead atoms. The number of esters is 1. The molecule has 1 rings (SSSR count). The van der Waals surface area contributed by atoms with Crippen LogP contribution in [0.4, 0.5) is 0 Å². The van der Waals surface area contributed by atoms with Gasteiger partial charge in [0.05, 0.1) is 18.3 Å². The number of hydrogen-bond donors (Lipinski definition) is 1. The molecule has 2 atom stereocenters. The van der Waals surface area contributed by atoms with Gasteiger partial charge >= 0.3 is 5.97 Å². The Morgan fingerprint density at radius 3 is 2.35 bits per heavy atom. The Hall–Kier alpha value is -0.620. The van der Waals surface area contributed by atoms with Gasteiger partial charge in [-0.3, -0.25) is 4.79 Å². The molecule has 0 amide bonds. The first-order valence-corrected chi connectivity index (χ1v) is 7.32. The molecule has 6 heteroatoms. The summed E-state index contributed by atoms with van der Waals surface area (Å²) in [7, 11) is -2.18. The summed E-state index contributed by atoms with van der Waals surface area (Å²) >= 11 is 0. The third-order valence-electron chi connectivity index (χ3n) is 2.80. The fourth-order valence-corrected chi connectivity index (χ4v) is 4.38. The van der Waals surface area contributed by atoms with Crippen LogP contribution >= 0.6 is 0 Å². The average Bonchev–Trinajstić information content (AvgIpc) is 2.61. The highest BCUT2D eigenvalue weighted by atomic mass is 32.2.